The summed E-state index contributed by atoms with van der Waals surface area (Å²) in [4.78, 5) is 0. The molecule has 1 unspecified atom stereocenters. The van der Waals surface area contributed by atoms with Gasteiger partial charge in [0.2, 0.25) is 0 Å². The molecule has 0 spiro atoms. The average Bonchev–Trinajstić information content (AvgIpc) is 3.23. The number of halogens is 1. The van der Waals surface area contributed by atoms with Crippen molar-refractivity contribution in [2.24, 2.45) is 5.41 Å². The van der Waals surface area contributed by atoms with Crippen LogP contribution >= 0.6 is 11.6 Å². The van der Waals surface area contributed by atoms with E-state index in [1.807, 2.05) is 12.1 Å². The van der Waals surface area contributed by atoms with Crippen LogP contribution in [0.4, 0.5) is 0 Å². The standard InChI is InChI=1S/C16H24ClNO3/c1-20-8-7-16(5-6-16)12-18-10-14(19)11-21-15-4-2-3-13(17)9-15/h2-4,9,14,18-19H,5-8,10-12H2,1H3. The Kier molecular flexibility index (Phi) is 6.30. The van der Waals surface area contributed by atoms with Crippen molar-refractivity contribution in [3.05, 3.63) is 29.3 Å². The first-order chi connectivity index (χ1) is 10.1. The first-order valence-corrected chi connectivity index (χ1v) is 7.77. The molecule has 4 nitrogen and oxygen atoms in total. The summed E-state index contributed by atoms with van der Waals surface area (Å²) in [5.41, 5.74) is 0.392. The number of nitrogens with one attached hydrogen (secondary N) is 1. The lowest BCUT2D eigenvalue weighted by molar-refractivity contribution is 0.104. The molecule has 0 aromatic heterocycles. The molecule has 1 aromatic rings. The van der Waals surface area contributed by atoms with E-state index in [2.05, 4.69) is 5.32 Å². The lowest BCUT2D eigenvalue weighted by Crippen LogP contribution is -2.35. The number of hydrogen-bond donors (Lipinski definition) is 2. The number of benzene rings is 1. The highest BCUT2D eigenvalue weighted by atomic mass is 35.5. The molecule has 1 aliphatic rings. The third-order valence-corrected chi connectivity index (χ3v) is 4.15. The van der Waals surface area contributed by atoms with Gasteiger partial charge in [0.15, 0.2) is 0 Å². The van der Waals surface area contributed by atoms with Gasteiger partial charge in [-0.3, -0.25) is 0 Å². The molecule has 1 atom stereocenters. The molecule has 5 heteroatoms. The number of rotatable bonds is 10. The quantitative estimate of drug-likeness (QED) is 0.697. The summed E-state index contributed by atoms with van der Waals surface area (Å²) in [5, 5.41) is 13.9. The fraction of sp³-hybridized carbons (Fsp3) is 0.625. The number of aliphatic hydroxyl groups is 1. The third kappa shape index (κ3) is 5.83. The molecule has 118 valence electrons. The average molecular weight is 314 g/mol. The zero-order chi connectivity index (χ0) is 15.1. The molecule has 0 bridgehead atoms. The van der Waals surface area contributed by atoms with E-state index in [0.29, 0.717) is 22.7 Å². The molecule has 0 aliphatic heterocycles. The van der Waals surface area contributed by atoms with E-state index in [1.54, 1.807) is 19.2 Å². The normalized spacial score (nSPS) is 17.5. The van der Waals surface area contributed by atoms with Crippen molar-refractivity contribution in [3.8, 4) is 5.75 Å². The molecule has 1 fully saturated rings. The summed E-state index contributed by atoms with van der Waals surface area (Å²) >= 11 is 5.88. The lowest BCUT2D eigenvalue weighted by atomic mass is 10.0. The van der Waals surface area contributed by atoms with Crippen molar-refractivity contribution >= 4 is 11.6 Å². The molecular formula is C16H24ClNO3. The summed E-state index contributed by atoms with van der Waals surface area (Å²) in [6.45, 7) is 2.54. The fourth-order valence-corrected chi connectivity index (χ4v) is 2.50. The molecule has 1 aromatic carbocycles. The molecule has 1 aliphatic carbocycles. The van der Waals surface area contributed by atoms with Crippen molar-refractivity contribution in [3.63, 3.8) is 0 Å². The highest BCUT2D eigenvalue weighted by Gasteiger charge is 2.41. The van der Waals surface area contributed by atoms with Gasteiger partial charge in [-0.05, 0) is 42.9 Å². The number of methoxy groups -OCH3 is 1. The van der Waals surface area contributed by atoms with Gasteiger partial charge in [-0.15, -0.1) is 0 Å². The number of aliphatic hydroxyl groups excluding tert-OH is 1. The smallest absolute Gasteiger partial charge is 0.120 e. The van der Waals surface area contributed by atoms with Crippen LogP contribution in [0.15, 0.2) is 24.3 Å². The lowest BCUT2D eigenvalue weighted by Gasteiger charge is -2.18. The van der Waals surface area contributed by atoms with Gasteiger partial charge in [-0.25, -0.2) is 0 Å². The molecule has 2 N–H and O–H groups in total. The zero-order valence-electron chi connectivity index (χ0n) is 12.5. The molecule has 0 amide bonds. The van der Waals surface area contributed by atoms with Crippen molar-refractivity contribution in [1.29, 1.82) is 0 Å². The summed E-state index contributed by atoms with van der Waals surface area (Å²) in [6, 6.07) is 7.19. The van der Waals surface area contributed by atoms with Gasteiger partial charge in [0.1, 0.15) is 18.5 Å². The monoisotopic (exact) mass is 313 g/mol. The van der Waals surface area contributed by atoms with E-state index in [4.69, 9.17) is 21.1 Å². The van der Waals surface area contributed by atoms with Gasteiger partial charge in [-0.1, -0.05) is 17.7 Å². The molecular weight excluding hydrogens is 290 g/mol. The Morgan fingerprint density at radius 3 is 2.90 bits per heavy atom. The van der Waals surface area contributed by atoms with E-state index in [-0.39, 0.29) is 6.61 Å². The Morgan fingerprint density at radius 1 is 1.43 bits per heavy atom. The Bertz CT molecular complexity index is 437. The largest absolute Gasteiger partial charge is 0.491 e. The fourth-order valence-electron chi connectivity index (χ4n) is 2.32. The van der Waals surface area contributed by atoms with Crippen LogP contribution in [0.25, 0.3) is 0 Å². The first-order valence-electron chi connectivity index (χ1n) is 7.40. The maximum atomic E-state index is 9.93. The van der Waals surface area contributed by atoms with Crippen LogP contribution in [0.3, 0.4) is 0 Å². The van der Waals surface area contributed by atoms with Crippen molar-refractivity contribution in [2.45, 2.75) is 25.4 Å². The van der Waals surface area contributed by atoms with Gasteiger partial charge in [0.25, 0.3) is 0 Å². The molecule has 1 saturated carbocycles. The van der Waals surface area contributed by atoms with Crippen LogP contribution in [0.5, 0.6) is 5.75 Å². The van der Waals surface area contributed by atoms with Crippen LogP contribution in [0, 0.1) is 5.41 Å². The van der Waals surface area contributed by atoms with Gasteiger partial charge in [-0.2, -0.15) is 0 Å². The predicted octanol–water partition coefficient (Wildman–Crippen LogP) is 2.49. The minimum absolute atomic E-state index is 0.262. The van der Waals surface area contributed by atoms with Crippen LogP contribution in [0.2, 0.25) is 5.02 Å². The first kappa shape index (κ1) is 16.6. The zero-order valence-corrected chi connectivity index (χ0v) is 13.2. The Morgan fingerprint density at radius 2 is 2.24 bits per heavy atom. The van der Waals surface area contributed by atoms with Crippen LogP contribution in [-0.4, -0.2) is 44.6 Å². The van der Waals surface area contributed by atoms with E-state index >= 15 is 0 Å². The van der Waals surface area contributed by atoms with Crippen LogP contribution in [-0.2, 0) is 4.74 Å². The van der Waals surface area contributed by atoms with E-state index < -0.39 is 6.10 Å². The molecule has 2 rings (SSSR count). The second-order valence-corrected chi connectivity index (χ2v) is 6.23. The highest BCUT2D eigenvalue weighted by Crippen LogP contribution is 2.48. The minimum atomic E-state index is -0.526. The van der Waals surface area contributed by atoms with E-state index in [1.165, 1.54) is 12.8 Å². The SMILES string of the molecule is COCCC1(CNCC(O)COc2cccc(Cl)c2)CC1. The third-order valence-electron chi connectivity index (χ3n) is 3.91. The maximum Gasteiger partial charge on any atom is 0.120 e. The minimum Gasteiger partial charge on any atom is -0.491 e. The maximum absolute atomic E-state index is 9.93. The number of hydrogen-bond acceptors (Lipinski definition) is 4. The van der Waals surface area contributed by atoms with Crippen molar-refractivity contribution in [2.75, 3.05) is 33.4 Å². The molecule has 0 heterocycles. The summed E-state index contributed by atoms with van der Waals surface area (Å²) < 4.78 is 10.7. The van der Waals surface area contributed by atoms with Gasteiger partial charge >= 0.3 is 0 Å². The van der Waals surface area contributed by atoms with Crippen LogP contribution < -0.4 is 10.1 Å². The summed E-state index contributed by atoms with van der Waals surface area (Å²) in [5.74, 6) is 0.681. The number of ether oxygens (including phenoxy) is 2. The molecule has 0 radical (unpaired) electrons. The van der Waals surface area contributed by atoms with E-state index in [9.17, 15) is 5.11 Å². The summed E-state index contributed by atoms with van der Waals surface area (Å²) in [7, 11) is 1.74. The second kappa shape index (κ2) is 7.99. The molecule has 0 saturated heterocycles. The highest BCUT2D eigenvalue weighted by molar-refractivity contribution is 6.30. The van der Waals surface area contributed by atoms with Crippen molar-refractivity contribution < 1.29 is 14.6 Å². The van der Waals surface area contributed by atoms with Crippen LogP contribution in [0.1, 0.15) is 19.3 Å². The van der Waals surface area contributed by atoms with E-state index in [0.717, 1.165) is 19.6 Å². The Hall–Kier alpha value is -0.810. The van der Waals surface area contributed by atoms with Gasteiger partial charge < -0.3 is 19.9 Å². The second-order valence-electron chi connectivity index (χ2n) is 5.80. The molecule has 21 heavy (non-hydrogen) atoms. The Labute approximate surface area is 131 Å². The van der Waals surface area contributed by atoms with Crippen molar-refractivity contribution in [1.82, 2.24) is 5.32 Å². The topological polar surface area (TPSA) is 50.7 Å². The van der Waals surface area contributed by atoms with Gasteiger partial charge in [0, 0.05) is 31.8 Å². The Balaban J connectivity index is 1.60. The predicted molar refractivity (Wildman–Crippen MR) is 84.0 cm³/mol. The summed E-state index contributed by atoms with van der Waals surface area (Å²) in [6.07, 6.45) is 3.06. The van der Waals surface area contributed by atoms with Gasteiger partial charge in [0.05, 0.1) is 0 Å².